The average molecular weight is 347 g/mol. The highest BCUT2D eigenvalue weighted by Crippen LogP contribution is 2.37. The van der Waals surface area contributed by atoms with Crippen molar-refractivity contribution in [1.29, 1.82) is 0 Å². The Morgan fingerprint density at radius 1 is 1.26 bits per heavy atom. The highest BCUT2D eigenvalue weighted by molar-refractivity contribution is 6.30. The highest BCUT2D eigenvalue weighted by atomic mass is 35.5. The molecule has 8 heteroatoms. The zero-order valence-electron chi connectivity index (χ0n) is 11.9. The van der Waals surface area contributed by atoms with E-state index in [2.05, 4.69) is 10.3 Å². The summed E-state index contributed by atoms with van der Waals surface area (Å²) in [7, 11) is 0. The Bertz CT molecular complexity index is 665. The van der Waals surface area contributed by atoms with E-state index in [1.54, 1.807) is 12.1 Å². The fourth-order valence-electron chi connectivity index (χ4n) is 1.91. The van der Waals surface area contributed by atoms with Crippen molar-refractivity contribution in [3.05, 3.63) is 52.8 Å². The lowest BCUT2D eigenvalue weighted by Crippen LogP contribution is -2.12. The second kappa shape index (κ2) is 7.52. The van der Waals surface area contributed by atoms with Crippen LogP contribution >= 0.6 is 11.6 Å². The van der Waals surface area contributed by atoms with Crippen molar-refractivity contribution in [3.63, 3.8) is 0 Å². The molecule has 0 aliphatic rings. The van der Waals surface area contributed by atoms with Gasteiger partial charge in [0.25, 0.3) is 0 Å². The van der Waals surface area contributed by atoms with Crippen LogP contribution in [0.5, 0.6) is 5.75 Å². The number of aromatic nitrogens is 1. The Balaban J connectivity index is 2.22. The van der Waals surface area contributed by atoms with E-state index in [1.807, 2.05) is 0 Å². The van der Waals surface area contributed by atoms with Crippen LogP contribution in [-0.4, -0.2) is 23.3 Å². The zero-order valence-corrected chi connectivity index (χ0v) is 12.7. The lowest BCUT2D eigenvalue weighted by atomic mass is 10.1. The quantitative estimate of drug-likeness (QED) is 0.782. The number of alkyl halides is 3. The van der Waals surface area contributed by atoms with E-state index in [4.69, 9.17) is 21.4 Å². The standard InChI is InChI=1S/C15H14ClF3N2O2/c16-14-10(2-1-5-20-14)9-21-13-4-3-11(23-7-6-22)8-12(13)15(17,18)19/h1-5,8,21-22H,6-7,9H2. The molecule has 1 heterocycles. The molecule has 0 saturated carbocycles. The molecule has 23 heavy (non-hydrogen) atoms. The number of nitrogens with zero attached hydrogens (tertiary/aromatic N) is 1. The molecular weight excluding hydrogens is 333 g/mol. The summed E-state index contributed by atoms with van der Waals surface area (Å²) in [4.78, 5) is 3.87. The van der Waals surface area contributed by atoms with Crippen molar-refractivity contribution in [1.82, 2.24) is 4.98 Å². The molecule has 2 N–H and O–H groups in total. The first-order valence-corrected chi connectivity index (χ1v) is 7.08. The van der Waals surface area contributed by atoms with Crippen LogP contribution in [0.4, 0.5) is 18.9 Å². The maximum absolute atomic E-state index is 13.2. The van der Waals surface area contributed by atoms with Crippen molar-refractivity contribution in [2.75, 3.05) is 18.5 Å². The first-order chi connectivity index (χ1) is 10.9. The molecule has 0 amide bonds. The topological polar surface area (TPSA) is 54.4 Å². The highest BCUT2D eigenvalue weighted by Gasteiger charge is 2.34. The fourth-order valence-corrected chi connectivity index (χ4v) is 2.09. The third kappa shape index (κ3) is 4.74. The molecule has 0 spiro atoms. The van der Waals surface area contributed by atoms with Gasteiger partial charge in [0.2, 0.25) is 0 Å². The third-order valence-corrected chi connectivity index (χ3v) is 3.30. The molecule has 124 valence electrons. The summed E-state index contributed by atoms with van der Waals surface area (Å²) in [5.74, 6) is 0.0383. The second-order valence-corrected chi connectivity index (χ2v) is 4.94. The summed E-state index contributed by atoms with van der Waals surface area (Å²) in [6.45, 7) is -0.247. The van der Waals surface area contributed by atoms with Crippen LogP contribution in [0.1, 0.15) is 11.1 Å². The molecule has 4 nitrogen and oxygen atoms in total. The molecular formula is C15H14ClF3N2O2. The predicted molar refractivity (Wildman–Crippen MR) is 80.6 cm³/mol. The van der Waals surface area contributed by atoms with Gasteiger partial charge in [-0.05, 0) is 24.3 Å². The van der Waals surface area contributed by atoms with Crippen LogP contribution in [0.3, 0.4) is 0 Å². The number of aliphatic hydroxyl groups excluding tert-OH is 1. The largest absolute Gasteiger partial charge is 0.491 e. The molecule has 0 saturated heterocycles. The van der Waals surface area contributed by atoms with E-state index >= 15 is 0 Å². The minimum absolute atomic E-state index is 0.0383. The molecule has 0 fully saturated rings. The lowest BCUT2D eigenvalue weighted by molar-refractivity contribution is -0.137. The number of halogens is 4. The molecule has 1 aromatic carbocycles. The smallest absolute Gasteiger partial charge is 0.418 e. The number of nitrogens with one attached hydrogen (secondary N) is 1. The minimum Gasteiger partial charge on any atom is -0.491 e. The van der Waals surface area contributed by atoms with Crippen molar-refractivity contribution in [2.24, 2.45) is 0 Å². The first-order valence-electron chi connectivity index (χ1n) is 6.70. The van der Waals surface area contributed by atoms with Crippen LogP contribution < -0.4 is 10.1 Å². The van der Waals surface area contributed by atoms with Crippen LogP contribution in [0.2, 0.25) is 5.15 Å². The van der Waals surface area contributed by atoms with Gasteiger partial charge in [-0.2, -0.15) is 13.2 Å². The summed E-state index contributed by atoms with van der Waals surface area (Å²) < 4.78 is 44.5. The molecule has 0 aliphatic heterocycles. The van der Waals surface area contributed by atoms with E-state index in [9.17, 15) is 13.2 Å². The lowest BCUT2D eigenvalue weighted by Gasteiger charge is -2.16. The molecule has 0 radical (unpaired) electrons. The Labute approximate surface area is 135 Å². The molecule has 0 unspecified atom stereocenters. The van der Waals surface area contributed by atoms with Gasteiger partial charge in [-0.25, -0.2) is 4.98 Å². The van der Waals surface area contributed by atoms with Crippen LogP contribution in [0.25, 0.3) is 0 Å². The van der Waals surface area contributed by atoms with Gasteiger partial charge in [-0.3, -0.25) is 0 Å². The van der Waals surface area contributed by atoms with Gasteiger partial charge in [0, 0.05) is 24.0 Å². The van der Waals surface area contributed by atoms with E-state index in [0.717, 1.165) is 6.07 Å². The predicted octanol–water partition coefficient (Wildman–Crippen LogP) is 3.74. The molecule has 2 aromatic rings. The average Bonchev–Trinajstić information content (AvgIpc) is 2.51. The Morgan fingerprint density at radius 2 is 2.04 bits per heavy atom. The number of anilines is 1. The number of aliphatic hydroxyl groups is 1. The van der Waals surface area contributed by atoms with Gasteiger partial charge in [0.1, 0.15) is 17.5 Å². The number of hydrogen-bond donors (Lipinski definition) is 2. The number of rotatable bonds is 6. The number of benzene rings is 1. The van der Waals surface area contributed by atoms with Crippen LogP contribution in [0.15, 0.2) is 36.5 Å². The Kier molecular flexibility index (Phi) is 5.68. The monoisotopic (exact) mass is 346 g/mol. The van der Waals surface area contributed by atoms with E-state index in [-0.39, 0.29) is 36.3 Å². The first kappa shape index (κ1) is 17.4. The Hall–Kier alpha value is -1.99. The van der Waals surface area contributed by atoms with Crippen LogP contribution in [0, 0.1) is 0 Å². The summed E-state index contributed by atoms with van der Waals surface area (Å²) >= 11 is 5.89. The molecule has 0 atom stereocenters. The maximum Gasteiger partial charge on any atom is 0.418 e. The second-order valence-electron chi connectivity index (χ2n) is 4.58. The minimum atomic E-state index is -4.54. The molecule has 1 aromatic heterocycles. The van der Waals surface area contributed by atoms with E-state index < -0.39 is 11.7 Å². The zero-order chi connectivity index (χ0) is 16.9. The third-order valence-electron chi connectivity index (χ3n) is 2.96. The van der Waals surface area contributed by atoms with Gasteiger partial charge < -0.3 is 15.2 Å². The van der Waals surface area contributed by atoms with Gasteiger partial charge >= 0.3 is 6.18 Å². The molecule has 0 bridgehead atoms. The van der Waals surface area contributed by atoms with E-state index in [0.29, 0.717) is 5.56 Å². The van der Waals surface area contributed by atoms with Crippen molar-refractivity contribution >= 4 is 17.3 Å². The summed E-state index contributed by atoms with van der Waals surface area (Å²) in [5.41, 5.74) is -0.357. The number of pyridine rings is 1. The van der Waals surface area contributed by atoms with Crippen molar-refractivity contribution < 1.29 is 23.0 Å². The molecule has 0 aliphatic carbocycles. The van der Waals surface area contributed by atoms with Crippen molar-refractivity contribution in [2.45, 2.75) is 12.7 Å². The van der Waals surface area contributed by atoms with E-state index in [1.165, 1.54) is 18.3 Å². The fraction of sp³-hybridized carbons (Fsp3) is 0.267. The molecule has 2 rings (SSSR count). The summed E-state index contributed by atoms with van der Waals surface area (Å²) in [6, 6.07) is 6.90. The maximum atomic E-state index is 13.2. The number of ether oxygens (including phenoxy) is 1. The SMILES string of the molecule is OCCOc1ccc(NCc2cccnc2Cl)c(C(F)(F)F)c1. The Morgan fingerprint density at radius 3 is 2.70 bits per heavy atom. The van der Waals surface area contributed by atoms with Gasteiger partial charge in [-0.1, -0.05) is 17.7 Å². The van der Waals surface area contributed by atoms with Crippen LogP contribution in [-0.2, 0) is 12.7 Å². The van der Waals surface area contributed by atoms with Gasteiger partial charge in [-0.15, -0.1) is 0 Å². The van der Waals surface area contributed by atoms with Crippen molar-refractivity contribution in [3.8, 4) is 5.75 Å². The van der Waals surface area contributed by atoms with Gasteiger partial charge in [0.15, 0.2) is 0 Å². The van der Waals surface area contributed by atoms with Gasteiger partial charge in [0.05, 0.1) is 12.2 Å². The summed E-state index contributed by atoms with van der Waals surface area (Å²) in [6.07, 6.45) is -3.04. The normalized spacial score (nSPS) is 11.3. The number of hydrogen-bond acceptors (Lipinski definition) is 4. The summed E-state index contributed by atoms with van der Waals surface area (Å²) in [5, 5.41) is 11.6.